The van der Waals surface area contributed by atoms with Crippen LogP contribution in [-0.2, 0) is 14.8 Å². The van der Waals surface area contributed by atoms with E-state index in [2.05, 4.69) is 15.9 Å². The molecule has 1 aromatic rings. The van der Waals surface area contributed by atoms with Crippen LogP contribution in [0.1, 0.15) is 18.1 Å². The summed E-state index contributed by atoms with van der Waals surface area (Å²) in [7, 11) is -3.46. The largest absolute Gasteiger partial charge is 0.372 e. The van der Waals surface area contributed by atoms with Gasteiger partial charge in [0.15, 0.2) is 0 Å². The van der Waals surface area contributed by atoms with E-state index in [1.54, 1.807) is 6.07 Å². The maximum atomic E-state index is 12.8. The summed E-state index contributed by atoms with van der Waals surface area (Å²) in [5, 5.41) is 0.635. The fourth-order valence-corrected chi connectivity index (χ4v) is 4.62. The Morgan fingerprint density at radius 3 is 2.70 bits per heavy atom. The van der Waals surface area contributed by atoms with Crippen molar-refractivity contribution in [3.05, 3.63) is 29.3 Å². The van der Waals surface area contributed by atoms with Gasteiger partial charge in [-0.3, -0.25) is 0 Å². The van der Waals surface area contributed by atoms with Gasteiger partial charge >= 0.3 is 0 Å². The van der Waals surface area contributed by atoms with Crippen molar-refractivity contribution in [3.8, 4) is 0 Å². The molecule has 0 radical (unpaired) electrons. The van der Waals surface area contributed by atoms with Crippen LogP contribution in [0.25, 0.3) is 0 Å². The fourth-order valence-electron chi connectivity index (χ4n) is 2.41. The van der Waals surface area contributed by atoms with Crippen LogP contribution >= 0.6 is 15.9 Å². The summed E-state index contributed by atoms with van der Waals surface area (Å²) in [4.78, 5) is 0.403. The Morgan fingerprint density at radius 1 is 1.35 bits per heavy atom. The second-order valence-corrected chi connectivity index (χ2v) is 7.87. The number of morpholine rings is 1. The van der Waals surface area contributed by atoms with Crippen molar-refractivity contribution in [1.29, 1.82) is 0 Å². The molecule has 1 fully saturated rings. The first-order chi connectivity index (χ1) is 9.34. The summed E-state index contributed by atoms with van der Waals surface area (Å²) in [6.07, 6.45) is -0.190. The third-order valence-electron chi connectivity index (χ3n) is 3.43. The van der Waals surface area contributed by atoms with Gasteiger partial charge in [0, 0.05) is 18.4 Å². The lowest BCUT2D eigenvalue weighted by atomic mass is 10.2. The van der Waals surface area contributed by atoms with E-state index in [0.29, 0.717) is 23.3 Å². The molecule has 0 aromatic heterocycles. The number of hydrogen-bond donors (Lipinski definition) is 0. The lowest BCUT2D eigenvalue weighted by molar-refractivity contribution is -0.0411. The Hall–Kier alpha value is -0.430. The highest BCUT2D eigenvalue weighted by Crippen LogP contribution is 2.25. The van der Waals surface area contributed by atoms with Gasteiger partial charge < -0.3 is 4.74 Å². The molecule has 1 aromatic carbocycles. The van der Waals surface area contributed by atoms with E-state index in [9.17, 15) is 8.42 Å². The second-order valence-electron chi connectivity index (χ2n) is 5.31. The number of alkyl halides is 1. The second kappa shape index (κ2) is 6.13. The Bertz CT molecular complexity index is 588. The van der Waals surface area contributed by atoms with Crippen molar-refractivity contribution in [2.24, 2.45) is 0 Å². The Balaban J connectivity index is 2.36. The van der Waals surface area contributed by atoms with E-state index in [4.69, 9.17) is 4.74 Å². The molecule has 112 valence electrons. The lowest BCUT2D eigenvalue weighted by Gasteiger charge is -2.35. The third kappa shape index (κ3) is 3.24. The summed E-state index contributed by atoms with van der Waals surface area (Å²) in [5.41, 5.74) is 1.73. The minimum absolute atomic E-state index is 0.0915. The molecular formula is C14H20BrNO3S. The van der Waals surface area contributed by atoms with E-state index in [1.807, 2.05) is 32.9 Å². The fraction of sp³-hybridized carbons (Fsp3) is 0.571. The van der Waals surface area contributed by atoms with Crippen LogP contribution in [0.3, 0.4) is 0 Å². The molecule has 2 rings (SSSR count). The van der Waals surface area contributed by atoms with Gasteiger partial charge in [-0.1, -0.05) is 28.1 Å². The maximum Gasteiger partial charge on any atom is 0.243 e. The highest BCUT2D eigenvalue weighted by molar-refractivity contribution is 9.09. The summed E-state index contributed by atoms with van der Waals surface area (Å²) in [6.45, 7) is 6.44. The Kier molecular flexibility index (Phi) is 4.89. The van der Waals surface area contributed by atoms with Crippen LogP contribution in [0.4, 0.5) is 0 Å². The average Bonchev–Trinajstić information content (AvgIpc) is 2.40. The summed E-state index contributed by atoms with van der Waals surface area (Å²) in [6, 6.07) is 5.53. The zero-order valence-electron chi connectivity index (χ0n) is 12.0. The third-order valence-corrected chi connectivity index (χ3v) is 6.12. The highest BCUT2D eigenvalue weighted by atomic mass is 79.9. The zero-order chi connectivity index (χ0) is 14.9. The van der Waals surface area contributed by atoms with Crippen LogP contribution < -0.4 is 0 Å². The number of hydrogen-bond acceptors (Lipinski definition) is 3. The van der Waals surface area contributed by atoms with Crippen LogP contribution in [0.2, 0.25) is 0 Å². The first kappa shape index (κ1) is 15.9. The van der Waals surface area contributed by atoms with Crippen LogP contribution in [-0.4, -0.2) is 43.4 Å². The topological polar surface area (TPSA) is 46.6 Å². The quantitative estimate of drug-likeness (QED) is 0.777. The molecule has 0 aliphatic carbocycles. The van der Waals surface area contributed by atoms with Gasteiger partial charge in [-0.2, -0.15) is 4.31 Å². The molecule has 1 heterocycles. The van der Waals surface area contributed by atoms with Gasteiger partial charge in [0.05, 0.1) is 17.1 Å². The smallest absolute Gasteiger partial charge is 0.243 e. The van der Waals surface area contributed by atoms with E-state index < -0.39 is 10.0 Å². The number of benzene rings is 1. The number of rotatable bonds is 3. The molecule has 2 unspecified atom stereocenters. The molecule has 0 N–H and O–H groups in total. The number of ether oxygens (including phenoxy) is 1. The molecule has 1 aliphatic heterocycles. The van der Waals surface area contributed by atoms with Crippen LogP contribution in [0.15, 0.2) is 23.1 Å². The number of aryl methyl sites for hydroxylation is 2. The summed E-state index contributed by atoms with van der Waals surface area (Å²) in [5.74, 6) is 0. The SMILES string of the molecule is Cc1ccc(C)c(S(=O)(=O)N2CC(C)OC(CBr)C2)c1. The molecule has 0 saturated carbocycles. The zero-order valence-corrected chi connectivity index (χ0v) is 14.4. The van der Waals surface area contributed by atoms with E-state index in [-0.39, 0.29) is 12.2 Å². The summed E-state index contributed by atoms with van der Waals surface area (Å²) < 4.78 is 32.9. The number of sulfonamides is 1. The Labute approximate surface area is 129 Å². The van der Waals surface area contributed by atoms with Crippen molar-refractivity contribution in [3.63, 3.8) is 0 Å². The maximum absolute atomic E-state index is 12.8. The van der Waals surface area contributed by atoms with E-state index in [1.165, 1.54) is 4.31 Å². The Morgan fingerprint density at radius 2 is 2.05 bits per heavy atom. The molecule has 1 saturated heterocycles. The van der Waals surface area contributed by atoms with Gasteiger partial charge in [-0.15, -0.1) is 0 Å². The number of nitrogens with zero attached hydrogens (tertiary/aromatic N) is 1. The molecule has 0 bridgehead atoms. The molecular weight excluding hydrogens is 342 g/mol. The molecule has 4 nitrogen and oxygen atoms in total. The van der Waals surface area contributed by atoms with Crippen molar-refractivity contribution >= 4 is 26.0 Å². The van der Waals surface area contributed by atoms with E-state index >= 15 is 0 Å². The number of halogens is 1. The van der Waals surface area contributed by atoms with Crippen molar-refractivity contribution < 1.29 is 13.2 Å². The van der Waals surface area contributed by atoms with Crippen molar-refractivity contribution in [2.45, 2.75) is 37.9 Å². The summed E-state index contributed by atoms with van der Waals surface area (Å²) >= 11 is 3.37. The van der Waals surface area contributed by atoms with Gasteiger partial charge in [0.25, 0.3) is 0 Å². The molecule has 2 atom stereocenters. The lowest BCUT2D eigenvalue weighted by Crippen LogP contribution is -2.49. The van der Waals surface area contributed by atoms with Gasteiger partial charge in [-0.25, -0.2) is 8.42 Å². The van der Waals surface area contributed by atoms with Crippen molar-refractivity contribution in [2.75, 3.05) is 18.4 Å². The minimum atomic E-state index is -3.46. The molecule has 0 spiro atoms. The van der Waals surface area contributed by atoms with Gasteiger partial charge in [-0.05, 0) is 38.0 Å². The molecule has 1 aliphatic rings. The normalized spacial score (nSPS) is 24.8. The molecule has 20 heavy (non-hydrogen) atoms. The molecule has 6 heteroatoms. The van der Waals surface area contributed by atoms with Crippen molar-refractivity contribution in [1.82, 2.24) is 4.31 Å². The predicted octanol–water partition coefficient (Wildman–Crippen LogP) is 2.48. The van der Waals surface area contributed by atoms with Gasteiger partial charge in [0.2, 0.25) is 10.0 Å². The van der Waals surface area contributed by atoms with E-state index in [0.717, 1.165) is 11.1 Å². The first-order valence-electron chi connectivity index (χ1n) is 6.63. The highest BCUT2D eigenvalue weighted by Gasteiger charge is 2.34. The molecule has 0 amide bonds. The first-order valence-corrected chi connectivity index (χ1v) is 9.19. The van der Waals surface area contributed by atoms with Crippen LogP contribution in [0.5, 0.6) is 0 Å². The average molecular weight is 362 g/mol. The predicted molar refractivity (Wildman–Crippen MR) is 82.8 cm³/mol. The monoisotopic (exact) mass is 361 g/mol. The van der Waals surface area contributed by atoms with Gasteiger partial charge in [0.1, 0.15) is 0 Å². The minimum Gasteiger partial charge on any atom is -0.372 e. The standard InChI is InChI=1S/C14H20BrNO3S/c1-10-4-5-11(2)14(6-10)20(17,18)16-8-12(3)19-13(7-15)9-16/h4-6,12-13H,7-9H2,1-3H3. The van der Waals surface area contributed by atoms with Crippen LogP contribution in [0, 0.1) is 13.8 Å².